The average Bonchev–Trinajstić information content (AvgIpc) is 3.54. The summed E-state index contributed by atoms with van der Waals surface area (Å²) in [5.41, 5.74) is 4.81. The van der Waals surface area contributed by atoms with Crippen molar-refractivity contribution < 1.29 is 9.90 Å². The third-order valence-electron chi connectivity index (χ3n) is 8.26. The van der Waals surface area contributed by atoms with Gasteiger partial charge in [-0.25, -0.2) is 4.98 Å². The van der Waals surface area contributed by atoms with Crippen molar-refractivity contribution in [1.29, 1.82) is 0 Å². The van der Waals surface area contributed by atoms with Gasteiger partial charge in [-0.05, 0) is 48.4 Å². The minimum absolute atomic E-state index is 0.0945. The fourth-order valence-corrected chi connectivity index (χ4v) is 5.92. The van der Waals surface area contributed by atoms with E-state index in [0.29, 0.717) is 43.4 Å². The lowest BCUT2D eigenvalue weighted by Crippen LogP contribution is -2.49. The van der Waals surface area contributed by atoms with Crippen molar-refractivity contribution in [3.63, 3.8) is 0 Å². The zero-order valence-corrected chi connectivity index (χ0v) is 22.4. The van der Waals surface area contributed by atoms with Crippen LogP contribution in [-0.4, -0.2) is 60.5 Å². The van der Waals surface area contributed by atoms with Crippen molar-refractivity contribution in [2.45, 2.75) is 50.7 Å². The summed E-state index contributed by atoms with van der Waals surface area (Å²) >= 11 is 0. The van der Waals surface area contributed by atoms with Crippen molar-refractivity contribution in [3.05, 3.63) is 76.3 Å². The molecule has 202 valence electrons. The SMILES string of the molecule is CC(CC(=O)N1CCC(O)(Cn2cnc3c(-c4ccc5c(c4)CCN5)n(C)nc3c2=O)CC1)c1ccccc1. The minimum Gasteiger partial charge on any atom is -0.388 e. The number of aliphatic hydroxyl groups is 1. The van der Waals surface area contributed by atoms with Gasteiger partial charge in [-0.1, -0.05) is 43.3 Å². The number of aromatic nitrogens is 4. The van der Waals surface area contributed by atoms with Crippen LogP contribution in [0.2, 0.25) is 0 Å². The number of nitrogens with zero attached hydrogens (tertiary/aromatic N) is 5. The number of fused-ring (bicyclic) bond motifs is 2. The molecule has 39 heavy (non-hydrogen) atoms. The van der Waals surface area contributed by atoms with Crippen LogP contribution in [0, 0.1) is 0 Å². The second kappa shape index (κ2) is 9.96. The van der Waals surface area contributed by atoms with E-state index in [-0.39, 0.29) is 23.9 Å². The van der Waals surface area contributed by atoms with Gasteiger partial charge in [0.1, 0.15) is 5.52 Å². The summed E-state index contributed by atoms with van der Waals surface area (Å²) in [5.74, 6) is 0.227. The number of benzene rings is 2. The number of hydrogen-bond acceptors (Lipinski definition) is 6. The Morgan fingerprint density at radius 2 is 1.90 bits per heavy atom. The van der Waals surface area contributed by atoms with Crippen LogP contribution in [0.15, 0.2) is 59.7 Å². The van der Waals surface area contributed by atoms with Crippen molar-refractivity contribution in [2.24, 2.45) is 7.05 Å². The lowest BCUT2D eigenvalue weighted by molar-refractivity contribution is -0.136. The summed E-state index contributed by atoms with van der Waals surface area (Å²) in [4.78, 5) is 32.8. The molecule has 2 aliphatic rings. The topological polar surface area (TPSA) is 105 Å². The molecule has 0 radical (unpaired) electrons. The number of aryl methyl sites for hydroxylation is 1. The van der Waals surface area contributed by atoms with Gasteiger partial charge in [-0.3, -0.25) is 18.8 Å². The van der Waals surface area contributed by atoms with Gasteiger partial charge in [0.2, 0.25) is 5.91 Å². The van der Waals surface area contributed by atoms with Gasteiger partial charge >= 0.3 is 0 Å². The third-order valence-corrected chi connectivity index (χ3v) is 8.26. The molecule has 1 amide bonds. The summed E-state index contributed by atoms with van der Waals surface area (Å²) in [5, 5.41) is 19.2. The maximum atomic E-state index is 13.4. The molecule has 1 atom stereocenters. The molecule has 6 rings (SSSR count). The number of anilines is 1. The lowest BCUT2D eigenvalue weighted by Gasteiger charge is -2.38. The molecular weight excluding hydrogens is 492 g/mol. The molecule has 2 aromatic carbocycles. The Morgan fingerprint density at radius 1 is 1.13 bits per heavy atom. The van der Waals surface area contributed by atoms with Crippen LogP contribution < -0.4 is 10.9 Å². The monoisotopic (exact) mass is 526 g/mol. The zero-order valence-electron chi connectivity index (χ0n) is 22.4. The maximum Gasteiger partial charge on any atom is 0.281 e. The Morgan fingerprint density at radius 3 is 2.67 bits per heavy atom. The first-order chi connectivity index (χ1) is 18.8. The van der Waals surface area contributed by atoms with Crippen molar-refractivity contribution in [3.8, 4) is 11.3 Å². The number of nitrogens with one attached hydrogen (secondary N) is 1. The first-order valence-corrected chi connectivity index (χ1v) is 13.7. The first-order valence-electron chi connectivity index (χ1n) is 13.7. The summed E-state index contributed by atoms with van der Waals surface area (Å²) in [6.07, 6.45) is 3.72. The van der Waals surface area contributed by atoms with Gasteiger partial charge in [0.25, 0.3) is 5.56 Å². The third kappa shape index (κ3) is 4.83. The Kier molecular flexibility index (Phi) is 6.46. The van der Waals surface area contributed by atoms with E-state index in [2.05, 4.69) is 34.5 Å². The molecule has 2 N–H and O–H groups in total. The van der Waals surface area contributed by atoms with E-state index < -0.39 is 5.60 Å². The number of likely N-dealkylation sites (tertiary alicyclic amines) is 1. The fourth-order valence-electron chi connectivity index (χ4n) is 5.92. The Hall–Kier alpha value is -3.98. The smallest absolute Gasteiger partial charge is 0.281 e. The van der Waals surface area contributed by atoms with Crippen molar-refractivity contribution in [2.75, 3.05) is 25.0 Å². The molecule has 0 saturated carbocycles. The van der Waals surface area contributed by atoms with E-state index in [1.54, 1.807) is 4.68 Å². The van der Waals surface area contributed by atoms with E-state index in [1.165, 1.54) is 16.5 Å². The summed E-state index contributed by atoms with van der Waals surface area (Å²) < 4.78 is 3.17. The van der Waals surface area contributed by atoms with Crippen LogP contribution in [0.25, 0.3) is 22.3 Å². The predicted molar refractivity (Wildman–Crippen MR) is 151 cm³/mol. The first kappa shape index (κ1) is 25.3. The van der Waals surface area contributed by atoms with E-state index in [4.69, 9.17) is 0 Å². The highest BCUT2D eigenvalue weighted by Gasteiger charge is 2.35. The lowest BCUT2D eigenvalue weighted by atomic mass is 9.90. The Bertz CT molecular complexity index is 1580. The molecule has 1 fully saturated rings. The zero-order chi connectivity index (χ0) is 27.1. The molecule has 0 spiro atoms. The minimum atomic E-state index is -1.09. The largest absolute Gasteiger partial charge is 0.388 e. The van der Waals surface area contributed by atoms with Crippen LogP contribution in [0.3, 0.4) is 0 Å². The van der Waals surface area contributed by atoms with Gasteiger partial charge < -0.3 is 15.3 Å². The van der Waals surface area contributed by atoms with Crippen LogP contribution in [-0.2, 0) is 24.8 Å². The quantitative estimate of drug-likeness (QED) is 0.399. The van der Waals surface area contributed by atoms with Crippen LogP contribution in [0.4, 0.5) is 5.69 Å². The molecule has 2 aromatic heterocycles. The maximum absolute atomic E-state index is 13.4. The Balaban J connectivity index is 1.16. The highest BCUT2D eigenvalue weighted by molar-refractivity contribution is 5.90. The molecule has 0 bridgehead atoms. The van der Waals surface area contributed by atoms with E-state index in [1.807, 2.05) is 48.3 Å². The van der Waals surface area contributed by atoms with Gasteiger partial charge in [0.05, 0.1) is 24.2 Å². The summed E-state index contributed by atoms with van der Waals surface area (Å²) in [6, 6.07) is 16.3. The number of hydrogen-bond donors (Lipinski definition) is 2. The van der Waals surface area contributed by atoms with E-state index >= 15 is 0 Å². The second-order valence-corrected chi connectivity index (χ2v) is 11.0. The molecule has 4 aromatic rings. The van der Waals surface area contributed by atoms with Gasteiger partial charge in [0, 0.05) is 44.4 Å². The number of carbonyl (C=O) groups excluding carboxylic acids is 1. The highest BCUT2D eigenvalue weighted by Crippen LogP contribution is 2.31. The normalized spacial score (nSPS) is 17.2. The number of carbonyl (C=O) groups is 1. The van der Waals surface area contributed by atoms with Crippen molar-refractivity contribution in [1.82, 2.24) is 24.2 Å². The number of rotatable bonds is 6. The standard InChI is InChI=1S/C30H34N6O3/c1-20(21-6-4-3-5-7-21)16-25(37)35-14-11-30(39,12-15-35)18-36-19-32-26-27(29(36)38)33-34(2)28(26)23-8-9-24-22(17-23)10-13-31-24/h3-9,17,19-20,31,39H,10-16,18H2,1-2H3. The summed E-state index contributed by atoms with van der Waals surface area (Å²) in [6.45, 7) is 4.03. The molecule has 4 heterocycles. The molecule has 0 aliphatic carbocycles. The average molecular weight is 527 g/mol. The molecule has 9 heteroatoms. The number of piperidine rings is 1. The molecule has 2 aliphatic heterocycles. The van der Waals surface area contributed by atoms with Crippen LogP contribution >= 0.6 is 0 Å². The predicted octanol–water partition coefficient (Wildman–Crippen LogP) is 3.31. The summed E-state index contributed by atoms with van der Waals surface area (Å²) in [7, 11) is 1.82. The molecule has 1 unspecified atom stereocenters. The van der Waals surface area contributed by atoms with Gasteiger partial charge in [-0.15, -0.1) is 0 Å². The number of amides is 1. The molecular formula is C30H34N6O3. The van der Waals surface area contributed by atoms with Gasteiger partial charge in [0.15, 0.2) is 5.52 Å². The van der Waals surface area contributed by atoms with E-state index in [0.717, 1.165) is 35.5 Å². The fraction of sp³-hybridized carbons (Fsp3) is 0.400. The second-order valence-electron chi connectivity index (χ2n) is 11.0. The highest BCUT2D eigenvalue weighted by atomic mass is 16.3. The molecule has 1 saturated heterocycles. The van der Waals surface area contributed by atoms with Crippen LogP contribution in [0.5, 0.6) is 0 Å². The Labute approximate surface area is 227 Å². The molecule has 9 nitrogen and oxygen atoms in total. The van der Waals surface area contributed by atoms with E-state index in [9.17, 15) is 14.7 Å². The van der Waals surface area contributed by atoms with Crippen molar-refractivity contribution >= 4 is 22.6 Å². The van der Waals surface area contributed by atoms with Gasteiger partial charge in [-0.2, -0.15) is 5.10 Å². The van der Waals surface area contributed by atoms with Crippen LogP contribution in [0.1, 0.15) is 43.2 Å².